The lowest BCUT2D eigenvalue weighted by atomic mass is 9.79. The molecule has 3 fully saturated rings. The van der Waals surface area contributed by atoms with E-state index in [0.29, 0.717) is 52.5 Å². The molecule has 8 N–H and O–H groups in total. The highest BCUT2D eigenvalue weighted by Crippen LogP contribution is 2.38. The number of esters is 3. The Labute approximate surface area is 583 Å². The van der Waals surface area contributed by atoms with E-state index >= 15 is 0 Å². The monoisotopic (exact) mass is 1500 g/mol. The van der Waals surface area contributed by atoms with Gasteiger partial charge in [-0.1, -0.05) is 123 Å². The number of nitrogens with one attached hydrogen (secondary N) is 2. The van der Waals surface area contributed by atoms with Crippen LogP contribution in [0.5, 0.6) is 0 Å². The fourth-order valence-electron chi connectivity index (χ4n) is 8.88. The molecule has 25 nitrogen and oxygen atoms in total. The highest BCUT2D eigenvalue weighted by molar-refractivity contribution is 7.88. The van der Waals surface area contributed by atoms with Crippen molar-refractivity contribution in [2.45, 2.75) is 165 Å². The maximum Gasteiger partial charge on any atom is 0.522 e. The number of aliphatic hydroxyl groups is 2. The summed E-state index contributed by atoms with van der Waals surface area (Å²) in [6, 6.07) is 18.2. The van der Waals surface area contributed by atoms with Gasteiger partial charge in [-0.2, -0.15) is 34.8 Å². The number of nitrogens with two attached hydrogens (primary N) is 2. The summed E-state index contributed by atoms with van der Waals surface area (Å²) in [6.45, 7) is 28.1. The maximum atomic E-state index is 12.1. The molecule has 568 valence electrons. The maximum absolute atomic E-state index is 12.1. The van der Waals surface area contributed by atoms with Crippen LogP contribution < -0.4 is 22.1 Å². The number of fused-ring (bicyclic) bond motifs is 1. The van der Waals surface area contributed by atoms with Crippen molar-refractivity contribution >= 4 is 83.3 Å². The lowest BCUT2D eigenvalue weighted by molar-refractivity contribution is -0.257. The van der Waals surface area contributed by atoms with Crippen LogP contribution in [-0.4, -0.2) is 195 Å². The number of hydrogen-bond donors (Lipinski definition) is 6. The summed E-state index contributed by atoms with van der Waals surface area (Å²) < 4.78 is 140. The molecule has 0 spiro atoms. The largest absolute Gasteiger partial charge is 0.522 e. The molecular formula is C63H105Cl2F6N5O20SSi. The van der Waals surface area contributed by atoms with E-state index in [1.165, 1.54) is 40.4 Å². The third-order valence-corrected chi connectivity index (χ3v) is 18.8. The van der Waals surface area contributed by atoms with Crippen LogP contribution in [0.15, 0.2) is 65.7 Å². The van der Waals surface area contributed by atoms with Crippen molar-refractivity contribution in [2.75, 3.05) is 71.6 Å². The second-order valence-electron chi connectivity index (χ2n) is 23.2. The van der Waals surface area contributed by atoms with E-state index in [0.717, 1.165) is 0 Å². The summed E-state index contributed by atoms with van der Waals surface area (Å²) >= 11 is 10.1. The van der Waals surface area contributed by atoms with Gasteiger partial charge in [0.2, 0.25) is 20.9 Å². The molecule has 4 aliphatic rings. The lowest BCUT2D eigenvalue weighted by Crippen LogP contribution is -2.49. The predicted molar refractivity (Wildman–Crippen MR) is 359 cm³/mol. The van der Waals surface area contributed by atoms with Crippen molar-refractivity contribution < 1.29 is 120 Å². The number of aliphatic imine (C=N–C) groups is 1. The Hall–Kier alpha value is -4.82. The summed E-state index contributed by atoms with van der Waals surface area (Å²) in [5.74, 6) is 3.40. The van der Waals surface area contributed by atoms with Crippen molar-refractivity contribution in [3.05, 3.63) is 71.8 Å². The second kappa shape index (κ2) is 50.5. The predicted octanol–water partition coefficient (Wildman–Crippen LogP) is 8.95. The fourth-order valence-corrected chi connectivity index (χ4v) is 11.9. The highest BCUT2D eigenvalue weighted by atomic mass is 35.5. The Morgan fingerprint density at radius 1 is 0.622 bits per heavy atom. The third-order valence-electron chi connectivity index (χ3n) is 14.8. The van der Waals surface area contributed by atoms with Gasteiger partial charge in [-0.3, -0.25) is 39.4 Å². The van der Waals surface area contributed by atoms with Gasteiger partial charge < -0.3 is 68.2 Å². The van der Waals surface area contributed by atoms with Gasteiger partial charge in [-0.25, -0.2) is 4.99 Å². The van der Waals surface area contributed by atoms with Crippen molar-refractivity contribution in [1.29, 1.82) is 0 Å². The molecule has 0 bridgehead atoms. The summed E-state index contributed by atoms with van der Waals surface area (Å²) in [7, 11) is -8.10. The number of benzene rings is 2. The van der Waals surface area contributed by atoms with E-state index < -0.39 is 42.7 Å². The molecule has 0 amide bonds. The zero-order valence-electron chi connectivity index (χ0n) is 57.6. The van der Waals surface area contributed by atoms with Crippen molar-refractivity contribution in [2.24, 2.45) is 63.8 Å². The van der Waals surface area contributed by atoms with Crippen molar-refractivity contribution in [3.63, 3.8) is 0 Å². The summed E-state index contributed by atoms with van der Waals surface area (Å²) in [4.78, 5) is 69.1. The Morgan fingerprint density at radius 2 is 0.980 bits per heavy atom. The van der Waals surface area contributed by atoms with Gasteiger partial charge in [-0.15, -0.1) is 23.2 Å². The van der Waals surface area contributed by atoms with Crippen LogP contribution in [0, 0.1) is 47.3 Å². The minimum Gasteiger partial charge on any atom is -0.463 e. The molecule has 2 aromatic carbocycles. The van der Waals surface area contributed by atoms with Crippen molar-refractivity contribution in [1.82, 2.24) is 10.6 Å². The topological polar surface area (TPSA) is 358 Å². The van der Waals surface area contributed by atoms with Gasteiger partial charge in [0.1, 0.15) is 32.6 Å². The first-order chi connectivity index (χ1) is 45.0. The van der Waals surface area contributed by atoms with Gasteiger partial charge >= 0.3 is 39.7 Å². The molecule has 15 unspecified atom stereocenters. The van der Waals surface area contributed by atoms with Gasteiger partial charge in [0.05, 0.1) is 51.6 Å². The average Bonchev–Trinajstić information content (AvgIpc) is 1.55. The minimum absolute atomic E-state index is 0. The van der Waals surface area contributed by atoms with Crippen LogP contribution in [0.3, 0.4) is 0 Å². The molecule has 98 heavy (non-hydrogen) atoms. The van der Waals surface area contributed by atoms with E-state index in [4.69, 9.17) is 86.6 Å². The van der Waals surface area contributed by atoms with E-state index in [1.807, 2.05) is 43.3 Å². The van der Waals surface area contributed by atoms with Crippen LogP contribution in [-0.2, 0) is 75.8 Å². The van der Waals surface area contributed by atoms with Crippen LogP contribution in [0.2, 0.25) is 19.6 Å². The molecule has 4 aliphatic heterocycles. The lowest BCUT2D eigenvalue weighted by Gasteiger charge is -2.43. The first-order valence-corrected chi connectivity index (χ1v) is 36.6. The number of aliphatic hydroxyl groups excluding tert-OH is 2. The van der Waals surface area contributed by atoms with Crippen LogP contribution in [0.4, 0.5) is 26.3 Å². The first-order valence-electron chi connectivity index (χ1n) is 30.7. The number of hydrogen-bond acceptors (Lipinski definition) is 25. The Bertz CT molecular complexity index is 2680. The van der Waals surface area contributed by atoms with E-state index in [-0.39, 0.29) is 157 Å². The second-order valence-corrected chi connectivity index (χ2v) is 30.2. The molecule has 0 radical (unpaired) electrons. The van der Waals surface area contributed by atoms with E-state index in [1.54, 1.807) is 24.3 Å². The molecule has 0 aliphatic carbocycles. The zero-order valence-corrected chi connectivity index (χ0v) is 60.9. The molecule has 4 heterocycles. The quantitative estimate of drug-likeness (QED) is 0.00648. The zero-order chi connectivity index (χ0) is 75.0. The number of carbonyl (C=O) groups excluding carboxylic acids is 6. The van der Waals surface area contributed by atoms with Crippen LogP contribution in [0.25, 0.3) is 0 Å². The van der Waals surface area contributed by atoms with E-state index in [9.17, 15) is 58.7 Å². The first kappa shape index (κ1) is 97.4. The summed E-state index contributed by atoms with van der Waals surface area (Å²) in [5, 5.41) is 21.3. The Morgan fingerprint density at radius 3 is 1.30 bits per heavy atom. The normalized spacial score (nSPS) is 25.3. The number of nitrogens with zero attached hydrogens (tertiary/aromatic N) is 1. The smallest absolute Gasteiger partial charge is 0.463 e. The van der Waals surface area contributed by atoms with Gasteiger partial charge in [0.15, 0.2) is 30.0 Å². The number of ether oxygens (including phenoxy) is 9. The average molecular weight is 1500 g/mol. The van der Waals surface area contributed by atoms with Gasteiger partial charge in [-0.05, 0) is 55.1 Å². The Balaban J connectivity index is -0.00000112. The molecule has 3 saturated heterocycles. The van der Waals surface area contributed by atoms with Crippen LogP contribution in [0.1, 0.15) is 111 Å². The number of rotatable bonds is 21. The summed E-state index contributed by atoms with van der Waals surface area (Å²) in [6.07, 6.45) is -7.17. The fraction of sp³-hybridized carbons (Fsp3) is 0.698. The Kier molecular flexibility index (Phi) is 50.2. The summed E-state index contributed by atoms with van der Waals surface area (Å²) in [5.41, 5.74) is 5.81. The SMILES string of the molecule is C.CC(=O)OCC1OC(OCN)C(C)C(C)C1C.CC(=O)OCC1OC(OCNCC(=O)c2ccccc2)C(C)C(C)C1C.CC(=O)OCC1OC2OC(C)=NC2C(C)C1C.C[Si](C)(C)OS(=O)(=O)C(F)(F)F.ClCCCl.NCO.O=C(CNCO)c1ccccc1.O=CC(F)(F)F. The number of ketones is 2. The van der Waals surface area contributed by atoms with Crippen molar-refractivity contribution in [3.8, 4) is 0 Å². The minimum atomic E-state index is -5.39. The van der Waals surface area contributed by atoms with E-state index in [2.05, 4.69) is 80.6 Å². The molecule has 0 aromatic heterocycles. The standard InChI is InChI=1S/C20H29NO5.C12H19NO4.C12H23NO4.C9H11NO2.C4H9F3O3SSi.C2H4Cl2.C2HF3O.CH5NO.CH4/c1-13-14(2)19(11-24-16(4)22)26-20(15(13)3)25-12-21-10-18(23)17-8-6-5-7-9-17;1-6-7(2)11-12(16-8(3)13-11)17-10(6)5-15-9(4)14;1-7-8(2)11(5-15-10(4)14)17-12(9(7)3)16-6-13;11-7-10-6-9(12)8-4-2-1-3-5-8;1-12(2,3)10-11(8,9)4(5,6)7;3-1-2-4;3-2(4,5)1-6;2-1-3;/h5-9,13-15,19-21H,10-12H2,1-4H3;6-7,10-12H,5H2,1-4H3;7-9,11-12H,5-6,13H2,1-4H3;1-5,10-11H,6-7H2;1-3H3;1-2H2;1H;3H,1-2H2;1H4. The molecule has 15 atom stereocenters. The molecule has 35 heteroatoms. The van der Waals surface area contributed by atoms with Gasteiger partial charge in [0.25, 0.3) is 0 Å². The number of aldehydes is 1. The number of Topliss-reactive ketones (excluding diaryl/α,β-unsaturated/α-hetero) is 2. The number of carbonyl (C=O) groups is 6. The molecule has 0 saturated carbocycles. The molecule has 2 aromatic rings. The molecular weight excluding hydrogens is 1390 g/mol. The number of alkyl halides is 8. The van der Waals surface area contributed by atoms with Gasteiger partial charge in [0, 0.05) is 62.4 Å². The van der Waals surface area contributed by atoms with Crippen LogP contribution >= 0.6 is 23.2 Å². The number of halogens is 8. The highest BCUT2D eigenvalue weighted by Gasteiger charge is 2.50. The molecule has 6 rings (SSSR count). The third kappa shape index (κ3) is 40.6.